The van der Waals surface area contributed by atoms with Crippen LogP contribution in [0.15, 0.2) is 42.6 Å². The first kappa shape index (κ1) is 15.1. The van der Waals surface area contributed by atoms with Crippen LogP contribution in [-0.4, -0.2) is 26.9 Å². The van der Waals surface area contributed by atoms with Gasteiger partial charge in [-0.2, -0.15) is 0 Å². The van der Waals surface area contributed by atoms with E-state index >= 15 is 0 Å². The van der Waals surface area contributed by atoms with E-state index in [1.54, 1.807) is 13.2 Å². The summed E-state index contributed by atoms with van der Waals surface area (Å²) in [7, 11) is 1.55. The molecule has 0 fully saturated rings. The maximum absolute atomic E-state index is 5.95. The van der Waals surface area contributed by atoms with Crippen LogP contribution in [0, 0.1) is 18.8 Å². The number of imidazole rings is 1. The molecule has 0 N–H and O–H groups in total. The molecule has 114 valence electrons. The molecule has 0 saturated carbocycles. The summed E-state index contributed by atoms with van der Waals surface area (Å²) >= 11 is 5.95. The summed E-state index contributed by atoms with van der Waals surface area (Å²) in [6.07, 6.45) is 1.82. The molecule has 5 nitrogen and oxygen atoms in total. The average Bonchev–Trinajstić information content (AvgIpc) is 2.94. The van der Waals surface area contributed by atoms with Crippen LogP contribution in [0.5, 0.6) is 5.88 Å². The van der Waals surface area contributed by atoms with Crippen LogP contribution in [-0.2, 0) is 0 Å². The monoisotopic (exact) mass is 324 g/mol. The summed E-state index contributed by atoms with van der Waals surface area (Å²) in [5, 5.41) is 8.72. The van der Waals surface area contributed by atoms with Gasteiger partial charge in [0, 0.05) is 22.8 Å². The molecule has 1 aromatic carbocycles. The summed E-state index contributed by atoms with van der Waals surface area (Å²) in [6, 6.07) is 11.0. The van der Waals surface area contributed by atoms with Crippen molar-refractivity contribution in [2.45, 2.75) is 6.92 Å². The number of hydrogen-bond acceptors (Lipinski definition) is 4. The highest BCUT2D eigenvalue weighted by atomic mass is 35.5. The van der Waals surface area contributed by atoms with E-state index < -0.39 is 0 Å². The van der Waals surface area contributed by atoms with Gasteiger partial charge in [-0.25, -0.2) is 4.98 Å². The molecule has 0 amide bonds. The predicted molar refractivity (Wildman–Crippen MR) is 87.9 cm³/mol. The first-order valence-corrected chi connectivity index (χ1v) is 7.25. The second-order valence-electron chi connectivity index (χ2n) is 4.74. The third-order valence-electron chi connectivity index (χ3n) is 3.12. The van der Waals surface area contributed by atoms with Gasteiger partial charge in [0.2, 0.25) is 5.88 Å². The lowest BCUT2D eigenvalue weighted by Gasteiger charge is -2.02. The van der Waals surface area contributed by atoms with E-state index in [0.29, 0.717) is 22.4 Å². The molecule has 0 aliphatic rings. The van der Waals surface area contributed by atoms with E-state index in [1.165, 1.54) is 0 Å². The Hall–Kier alpha value is -2.84. The van der Waals surface area contributed by atoms with Crippen molar-refractivity contribution in [3.05, 3.63) is 64.7 Å². The van der Waals surface area contributed by atoms with Gasteiger partial charge in [0.1, 0.15) is 11.5 Å². The van der Waals surface area contributed by atoms with Crippen LogP contribution in [0.1, 0.15) is 17.1 Å². The summed E-state index contributed by atoms with van der Waals surface area (Å²) in [5.74, 6) is 7.98. The smallest absolute Gasteiger partial charge is 0.233 e. The number of methoxy groups -OCH3 is 1. The van der Waals surface area contributed by atoms with Crippen LogP contribution in [0.2, 0.25) is 5.02 Å². The maximum atomic E-state index is 5.95. The molecule has 2 heterocycles. The van der Waals surface area contributed by atoms with Gasteiger partial charge in [-0.1, -0.05) is 23.6 Å². The van der Waals surface area contributed by atoms with E-state index in [0.717, 1.165) is 11.4 Å². The molecule has 0 unspecified atom stereocenters. The van der Waals surface area contributed by atoms with Gasteiger partial charge in [0.25, 0.3) is 0 Å². The van der Waals surface area contributed by atoms with Crippen molar-refractivity contribution < 1.29 is 4.74 Å². The molecule has 0 aliphatic carbocycles. The number of hydrogen-bond donors (Lipinski definition) is 0. The number of ether oxygens (including phenoxy) is 1. The highest BCUT2D eigenvalue weighted by Crippen LogP contribution is 2.12. The zero-order valence-corrected chi connectivity index (χ0v) is 13.4. The second kappa shape index (κ2) is 6.51. The molecule has 0 aliphatic heterocycles. The molecule has 2 aromatic heterocycles. The number of aryl methyl sites for hydroxylation is 1. The van der Waals surface area contributed by atoms with E-state index in [1.807, 2.05) is 48.0 Å². The number of benzene rings is 1. The first-order chi connectivity index (χ1) is 11.2. The topological polar surface area (TPSA) is 52.8 Å². The molecular weight excluding hydrogens is 312 g/mol. The van der Waals surface area contributed by atoms with Crippen LogP contribution in [0.3, 0.4) is 0 Å². The summed E-state index contributed by atoms with van der Waals surface area (Å²) in [4.78, 5) is 4.42. The fraction of sp³-hybridized carbons (Fsp3) is 0.118. The Balaban J connectivity index is 1.89. The van der Waals surface area contributed by atoms with Crippen LogP contribution in [0.4, 0.5) is 0 Å². The Morgan fingerprint density at radius 3 is 2.70 bits per heavy atom. The van der Waals surface area contributed by atoms with Crippen LogP contribution in [0.25, 0.3) is 5.82 Å². The minimum Gasteiger partial charge on any atom is -0.480 e. The lowest BCUT2D eigenvalue weighted by Crippen LogP contribution is -2.00. The Labute approximate surface area is 138 Å². The summed E-state index contributed by atoms with van der Waals surface area (Å²) in [6.45, 7) is 1.89. The number of halogens is 1. The minimum absolute atomic E-state index is 0.465. The highest BCUT2D eigenvalue weighted by Gasteiger charge is 2.06. The Morgan fingerprint density at radius 2 is 2.00 bits per heavy atom. The van der Waals surface area contributed by atoms with E-state index in [4.69, 9.17) is 16.3 Å². The van der Waals surface area contributed by atoms with Gasteiger partial charge < -0.3 is 4.74 Å². The van der Waals surface area contributed by atoms with E-state index in [2.05, 4.69) is 27.0 Å². The van der Waals surface area contributed by atoms with Crippen LogP contribution >= 0.6 is 11.6 Å². The first-order valence-electron chi connectivity index (χ1n) is 6.87. The third-order valence-corrected chi connectivity index (χ3v) is 3.36. The van der Waals surface area contributed by atoms with Gasteiger partial charge in [-0.3, -0.25) is 4.57 Å². The van der Waals surface area contributed by atoms with Gasteiger partial charge >= 0.3 is 0 Å². The van der Waals surface area contributed by atoms with E-state index in [9.17, 15) is 0 Å². The largest absolute Gasteiger partial charge is 0.480 e. The second-order valence-corrected chi connectivity index (χ2v) is 5.17. The van der Waals surface area contributed by atoms with Crippen molar-refractivity contribution in [3.63, 3.8) is 0 Å². The van der Waals surface area contributed by atoms with Crippen molar-refractivity contribution in [3.8, 4) is 23.5 Å². The molecule has 3 aromatic rings. The Bertz CT molecular complexity index is 891. The van der Waals surface area contributed by atoms with Crippen molar-refractivity contribution >= 4 is 11.6 Å². The molecule has 6 heteroatoms. The molecular formula is C17H13ClN4O. The third kappa shape index (κ3) is 3.50. The zero-order valence-electron chi connectivity index (χ0n) is 12.6. The fourth-order valence-corrected chi connectivity index (χ4v) is 2.21. The van der Waals surface area contributed by atoms with Crippen LogP contribution < -0.4 is 4.74 Å². The molecule has 0 radical (unpaired) electrons. The van der Waals surface area contributed by atoms with Gasteiger partial charge in [0.05, 0.1) is 7.11 Å². The SMILES string of the molecule is COc1ccc(-n2cc(C#Cc3cccc(Cl)c3)nc2C)nn1. The molecule has 3 rings (SSSR count). The summed E-state index contributed by atoms with van der Waals surface area (Å²) < 4.78 is 6.83. The molecule has 0 spiro atoms. The van der Waals surface area contributed by atoms with Crippen molar-refractivity contribution in [2.24, 2.45) is 0 Å². The molecule has 0 bridgehead atoms. The summed E-state index contributed by atoms with van der Waals surface area (Å²) in [5.41, 5.74) is 1.49. The van der Waals surface area contributed by atoms with E-state index in [-0.39, 0.29) is 0 Å². The number of aromatic nitrogens is 4. The van der Waals surface area contributed by atoms with Crippen molar-refractivity contribution in [1.29, 1.82) is 0 Å². The standard InChI is InChI=1S/C17H13ClN4O/c1-12-19-15(7-6-13-4-3-5-14(18)10-13)11-22(12)16-8-9-17(23-2)21-20-16/h3-5,8-11H,1-2H3. The van der Waals surface area contributed by atoms with Gasteiger partial charge in [-0.15, -0.1) is 10.2 Å². The maximum Gasteiger partial charge on any atom is 0.233 e. The normalized spacial score (nSPS) is 10.0. The Morgan fingerprint density at radius 1 is 1.13 bits per heavy atom. The van der Waals surface area contributed by atoms with Crippen molar-refractivity contribution in [1.82, 2.24) is 19.7 Å². The highest BCUT2D eigenvalue weighted by molar-refractivity contribution is 6.30. The molecule has 23 heavy (non-hydrogen) atoms. The lowest BCUT2D eigenvalue weighted by molar-refractivity contribution is 0.391. The van der Waals surface area contributed by atoms with Crippen molar-refractivity contribution in [2.75, 3.05) is 7.11 Å². The quantitative estimate of drug-likeness (QED) is 0.680. The van der Waals surface area contributed by atoms with Gasteiger partial charge in [-0.05, 0) is 37.1 Å². The average molecular weight is 325 g/mol. The lowest BCUT2D eigenvalue weighted by atomic mass is 10.2. The van der Waals surface area contributed by atoms with Gasteiger partial charge in [0.15, 0.2) is 5.82 Å². The minimum atomic E-state index is 0.465. The molecule has 0 atom stereocenters. The predicted octanol–water partition coefficient (Wildman–Crippen LogP) is 3.03. The number of nitrogens with zero attached hydrogens (tertiary/aromatic N) is 4. The molecule has 0 saturated heterocycles. The Kier molecular flexibility index (Phi) is 4.26. The number of rotatable bonds is 2. The zero-order chi connectivity index (χ0) is 16.2. The fourth-order valence-electron chi connectivity index (χ4n) is 2.02.